The zero-order chi connectivity index (χ0) is 12.4. The van der Waals surface area contributed by atoms with Gasteiger partial charge in [0, 0.05) is 0 Å². The Kier molecular flexibility index (Phi) is 3.42. The minimum Gasteiger partial charge on any atom is -0.289 e. The smallest absolute Gasteiger partial charge is 0.285 e. The fraction of sp³-hybridized carbons (Fsp3) is 0.0909. The molecule has 6 heteroatoms. The van der Waals surface area contributed by atoms with E-state index < -0.39 is 5.91 Å². The van der Waals surface area contributed by atoms with Crippen LogP contribution in [0.4, 0.5) is 0 Å². The minimum absolute atomic E-state index is 0.258. The lowest BCUT2D eigenvalue weighted by Crippen LogP contribution is -2.30. The summed E-state index contributed by atoms with van der Waals surface area (Å²) >= 11 is 7.10. The molecule has 1 aromatic heterocycles. The van der Waals surface area contributed by atoms with E-state index in [1.54, 1.807) is 0 Å². The molecule has 2 aromatic rings. The van der Waals surface area contributed by atoms with Crippen LogP contribution in [0.2, 0.25) is 4.47 Å². The van der Waals surface area contributed by atoms with E-state index in [1.165, 1.54) is 11.3 Å². The second-order valence-corrected chi connectivity index (χ2v) is 5.07. The number of nitrogens with two attached hydrogens (primary N) is 1. The SMILES string of the molecule is Cc1cccc(-c2sc(Cl)nc2C(=O)NN)c1. The third kappa shape index (κ3) is 2.46. The molecule has 0 saturated carbocycles. The van der Waals surface area contributed by atoms with E-state index in [0.29, 0.717) is 4.47 Å². The lowest BCUT2D eigenvalue weighted by Gasteiger charge is -2.02. The zero-order valence-electron chi connectivity index (χ0n) is 9.03. The normalized spacial score (nSPS) is 10.3. The Morgan fingerprint density at radius 3 is 2.94 bits per heavy atom. The van der Waals surface area contributed by atoms with Gasteiger partial charge in [-0.05, 0) is 12.5 Å². The van der Waals surface area contributed by atoms with E-state index >= 15 is 0 Å². The number of aryl methyl sites for hydroxylation is 1. The van der Waals surface area contributed by atoms with Crippen molar-refractivity contribution in [2.24, 2.45) is 5.84 Å². The molecule has 1 heterocycles. The molecule has 17 heavy (non-hydrogen) atoms. The van der Waals surface area contributed by atoms with Gasteiger partial charge in [0.05, 0.1) is 4.88 Å². The molecule has 2 rings (SSSR count). The van der Waals surface area contributed by atoms with Crippen LogP contribution in [-0.4, -0.2) is 10.9 Å². The second kappa shape index (κ2) is 4.83. The van der Waals surface area contributed by atoms with Gasteiger partial charge in [-0.3, -0.25) is 10.2 Å². The monoisotopic (exact) mass is 267 g/mol. The summed E-state index contributed by atoms with van der Waals surface area (Å²) in [6, 6.07) is 7.78. The summed E-state index contributed by atoms with van der Waals surface area (Å²) in [4.78, 5) is 16.3. The van der Waals surface area contributed by atoms with E-state index in [-0.39, 0.29) is 5.69 Å². The van der Waals surface area contributed by atoms with Crippen LogP contribution in [0.1, 0.15) is 16.1 Å². The van der Waals surface area contributed by atoms with Gasteiger partial charge in [0.25, 0.3) is 5.91 Å². The highest BCUT2D eigenvalue weighted by Crippen LogP contribution is 2.33. The number of thiazole rings is 1. The second-order valence-electron chi connectivity index (χ2n) is 3.49. The number of carbonyl (C=O) groups is 1. The van der Waals surface area contributed by atoms with E-state index in [1.807, 2.05) is 31.2 Å². The number of amides is 1. The molecule has 0 aliphatic heterocycles. The standard InChI is InChI=1S/C11H10ClN3OS/c1-6-3-2-4-7(5-6)9-8(10(16)15-13)14-11(12)17-9/h2-5H,13H2,1H3,(H,15,16). The molecule has 0 fully saturated rings. The number of nitrogens with zero attached hydrogens (tertiary/aromatic N) is 1. The van der Waals surface area contributed by atoms with Crippen LogP contribution in [0, 0.1) is 6.92 Å². The summed E-state index contributed by atoms with van der Waals surface area (Å²) < 4.78 is 0.320. The Balaban J connectivity index is 2.55. The number of hydrogen-bond donors (Lipinski definition) is 2. The number of benzene rings is 1. The van der Waals surface area contributed by atoms with Crippen LogP contribution in [0.25, 0.3) is 10.4 Å². The summed E-state index contributed by atoms with van der Waals surface area (Å²) in [7, 11) is 0. The number of rotatable bonds is 2. The molecule has 0 aliphatic rings. The first-order valence-corrected chi connectivity index (χ1v) is 6.05. The Labute approximate surface area is 107 Å². The van der Waals surface area contributed by atoms with E-state index in [9.17, 15) is 4.79 Å². The molecule has 0 unspecified atom stereocenters. The lowest BCUT2D eigenvalue weighted by atomic mass is 10.1. The van der Waals surface area contributed by atoms with Gasteiger partial charge >= 0.3 is 0 Å². The van der Waals surface area contributed by atoms with Crippen molar-refractivity contribution in [2.75, 3.05) is 0 Å². The molecule has 3 N–H and O–H groups in total. The van der Waals surface area contributed by atoms with Crippen molar-refractivity contribution >= 4 is 28.8 Å². The van der Waals surface area contributed by atoms with Gasteiger partial charge in [-0.15, -0.1) is 11.3 Å². The van der Waals surface area contributed by atoms with Crippen LogP contribution >= 0.6 is 22.9 Å². The Morgan fingerprint density at radius 2 is 2.29 bits per heavy atom. The van der Waals surface area contributed by atoms with E-state index in [2.05, 4.69) is 10.4 Å². The van der Waals surface area contributed by atoms with Gasteiger partial charge in [0.1, 0.15) is 5.69 Å². The molecule has 0 aliphatic carbocycles. The van der Waals surface area contributed by atoms with Crippen molar-refractivity contribution in [1.29, 1.82) is 0 Å². The third-order valence-electron chi connectivity index (χ3n) is 2.23. The van der Waals surface area contributed by atoms with Crippen molar-refractivity contribution in [1.82, 2.24) is 10.4 Å². The number of nitrogen functional groups attached to an aromatic ring is 1. The van der Waals surface area contributed by atoms with Gasteiger partial charge in [-0.25, -0.2) is 10.8 Å². The molecule has 1 aromatic carbocycles. The lowest BCUT2D eigenvalue weighted by molar-refractivity contribution is 0.0950. The van der Waals surface area contributed by atoms with Crippen molar-refractivity contribution in [3.8, 4) is 10.4 Å². The fourth-order valence-corrected chi connectivity index (χ4v) is 2.60. The third-order valence-corrected chi connectivity index (χ3v) is 3.44. The van der Waals surface area contributed by atoms with E-state index in [4.69, 9.17) is 17.4 Å². The van der Waals surface area contributed by atoms with Crippen molar-refractivity contribution in [3.63, 3.8) is 0 Å². The van der Waals surface area contributed by atoms with Crippen LogP contribution in [0.5, 0.6) is 0 Å². The average molecular weight is 268 g/mol. The van der Waals surface area contributed by atoms with Crippen molar-refractivity contribution in [3.05, 3.63) is 40.0 Å². The number of hydrogen-bond acceptors (Lipinski definition) is 4. The molecular formula is C11H10ClN3OS. The molecule has 0 atom stereocenters. The molecule has 4 nitrogen and oxygen atoms in total. The number of halogens is 1. The molecule has 0 radical (unpaired) electrons. The van der Waals surface area contributed by atoms with Gasteiger partial charge in [0.2, 0.25) is 0 Å². The molecule has 0 saturated heterocycles. The molecule has 0 spiro atoms. The summed E-state index contributed by atoms with van der Waals surface area (Å²) in [5.41, 5.74) is 4.34. The first-order chi connectivity index (χ1) is 8.11. The Hall–Kier alpha value is -1.43. The quantitative estimate of drug-likeness (QED) is 0.499. The fourth-order valence-electron chi connectivity index (χ4n) is 1.50. The number of carbonyl (C=O) groups excluding carboxylic acids is 1. The Bertz CT molecular complexity index is 568. The highest BCUT2D eigenvalue weighted by molar-refractivity contribution is 7.19. The predicted octanol–water partition coefficient (Wildman–Crippen LogP) is 2.38. The minimum atomic E-state index is -0.440. The maximum absolute atomic E-state index is 11.6. The largest absolute Gasteiger partial charge is 0.289 e. The van der Waals surface area contributed by atoms with Crippen LogP contribution < -0.4 is 11.3 Å². The van der Waals surface area contributed by atoms with Crippen molar-refractivity contribution < 1.29 is 4.79 Å². The Morgan fingerprint density at radius 1 is 1.53 bits per heavy atom. The van der Waals surface area contributed by atoms with Gasteiger partial charge in [-0.2, -0.15) is 0 Å². The van der Waals surface area contributed by atoms with Crippen LogP contribution in [0.15, 0.2) is 24.3 Å². The highest BCUT2D eigenvalue weighted by Gasteiger charge is 2.18. The average Bonchev–Trinajstić information content (AvgIpc) is 2.70. The summed E-state index contributed by atoms with van der Waals surface area (Å²) in [5.74, 6) is 4.67. The number of nitrogens with one attached hydrogen (secondary N) is 1. The molecule has 0 bridgehead atoms. The molecule has 88 valence electrons. The topological polar surface area (TPSA) is 68.0 Å². The van der Waals surface area contributed by atoms with Crippen LogP contribution in [0.3, 0.4) is 0 Å². The molecule has 1 amide bonds. The van der Waals surface area contributed by atoms with Crippen molar-refractivity contribution in [2.45, 2.75) is 6.92 Å². The zero-order valence-corrected chi connectivity index (χ0v) is 10.6. The highest BCUT2D eigenvalue weighted by atomic mass is 35.5. The maximum atomic E-state index is 11.6. The van der Waals surface area contributed by atoms with Gasteiger partial charge in [0.15, 0.2) is 4.47 Å². The van der Waals surface area contributed by atoms with Gasteiger partial charge in [-0.1, -0.05) is 41.4 Å². The summed E-state index contributed by atoms with van der Waals surface area (Å²) in [5, 5.41) is 0. The number of aromatic nitrogens is 1. The molecular weight excluding hydrogens is 258 g/mol. The maximum Gasteiger partial charge on any atom is 0.285 e. The number of hydrazine groups is 1. The predicted molar refractivity (Wildman–Crippen MR) is 69.0 cm³/mol. The first-order valence-electron chi connectivity index (χ1n) is 4.86. The van der Waals surface area contributed by atoms with E-state index in [0.717, 1.165) is 16.0 Å². The first kappa shape index (κ1) is 12.0. The summed E-state index contributed by atoms with van der Waals surface area (Å²) in [6.07, 6.45) is 0. The van der Waals surface area contributed by atoms with Crippen LogP contribution in [-0.2, 0) is 0 Å². The summed E-state index contributed by atoms with van der Waals surface area (Å²) in [6.45, 7) is 1.98. The van der Waals surface area contributed by atoms with Gasteiger partial charge < -0.3 is 0 Å².